The van der Waals surface area contributed by atoms with Crippen LogP contribution >= 0.6 is 0 Å². The summed E-state index contributed by atoms with van der Waals surface area (Å²) in [6.45, 7) is 10.1. The normalized spacial score (nSPS) is 31.0. The standard InChI is InChI=1S/C12H24N2O/c1-10(2)14-6-3-11(4-7-14)12-9-13-5-8-15-12/h10-13H,3-9H2,1-2H3. The number of likely N-dealkylation sites (tertiary alicyclic amines) is 1. The molecule has 3 nitrogen and oxygen atoms in total. The number of hydrogen-bond donors (Lipinski definition) is 1. The molecular formula is C12H24N2O. The van der Waals surface area contributed by atoms with E-state index < -0.39 is 0 Å². The zero-order valence-electron chi connectivity index (χ0n) is 10.0. The minimum absolute atomic E-state index is 0.480. The van der Waals surface area contributed by atoms with Crippen molar-refractivity contribution in [2.45, 2.75) is 38.8 Å². The number of rotatable bonds is 2. The summed E-state index contributed by atoms with van der Waals surface area (Å²) in [5.74, 6) is 0.785. The van der Waals surface area contributed by atoms with E-state index in [4.69, 9.17) is 4.74 Å². The molecule has 88 valence electrons. The number of piperidine rings is 1. The predicted molar refractivity (Wildman–Crippen MR) is 62.0 cm³/mol. The van der Waals surface area contributed by atoms with E-state index in [2.05, 4.69) is 24.1 Å². The van der Waals surface area contributed by atoms with Crippen molar-refractivity contribution in [3.05, 3.63) is 0 Å². The average Bonchev–Trinajstić information content (AvgIpc) is 2.30. The maximum absolute atomic E-state index is 5.83. The molecule has 0 aliphatic carbocycles. The number of hydrogen-bond acceptors (Lipinski definition) is 3. The van der Waals surface area contributed by atoms with Gasteiger partial charge in [-0.05, 0) is 45.7 Å². The quantitative estimate of drug-likeness (QED) is 0.742. The van der Waals surface area contributed by atoms with Gasteiger partial charge in [0.1, 0.15) is 0 Å². The van der Waals surface area contributed by atoms with Crippen molar-refractivity contribution in [1.82, 2.24) is 10.2 Å². The zero-order valence-corrected chi connectivity index (χ0v) is 10.0. The molecule has 2 aliphatic heterocycles. The first-order chi connectivity index (χ1) is 7.27. The molecule has 2 heterocycles. The Morgan fingerprint density at radius 1 is 1.27 bits per heavy atom. The minimum Gasteiger partial charge on any atom is -0.375 e. The van der Waals surface area contributed by atoms with Crippen LogP contribution in [0.1, 0.15) is 26.7 Å². The average molecular weight is 212 g/mol. The Morgan fingerprint density at radius 3 is 2.53 bits per heavy atom. The molecule has 0 aromatic heterocycles. The lowest BCUT2D eigenvalue weighted by Crippen LogP contribution is -2.47. The minimum atomic E-state index is 0.480. The van der Waals surface area contributed by atoms with E-state index in [1.807, 2.05) is 0 Å². The Hall–Kier alpha value is -0.120. The molecule has 15 heavy (non-hydrogen) atoms. The molecule has 0 saturated carbocycles. The van der Waals surface area contributed by atoms with Gasteiger partial charge in [-0.3, -0.25) is 0 Å². The monoisotopic (exact) mass is 212 g/mol. The summed E-state index contributed by atoms with van der Waals surface area (Å²) in [6.07, 6.45) is 3.10. The second kappa shape index (κ2) is 5.28. The van der Waals surface area contributed by atoms with Crippen LogP contribution in [-0.2, 0) is 4.74 Å². The zero-order chi connectivity index (χ0) is 10.7. The second-order valence-electron chi connectivity index (χ2n) is 5.08. The third kappa shape index (κ3) is 2.92. The third-order valence-electron chi connectivity index (χ3n) is 3.79. The molecule has 0 radical (unpaired) electrons. The molecule has 0 amide bonds. The van der Waals surface area contributed by atoms with Crippen molar-refractivity contribution < 1.29 is 4.74 Å². The van der Waals surface area contributed by atoms with Crippen molar-refractivity contribution >= 4 is 0 Å². The van der Waals surface area contributed by atoms with Crippen LogP contribution in [0.25, 0.3) is 0 Å². The Kier molecular flexibility index (Phi) is 4.00. The molecule has 0 spiro atoms. The fourth-order valence-corrected chi connectivity index (χ4v) is 2.70. The highest BCUT2D eigenvalue weighted by Gasteiger charge is 2.28. The van der Waals surface area contributed by atoms with Crippen molar-refractivity contribution in [2.24, 2.45) is 5.92 Å². The van der Waals surface area contributed by atoms with Gasteiger partial charge < -0.3 is 15.0 Å². The number of nitrogens with zero attached hydrogens (tertiary/aromatic N) is 1. The third-order valence-corrected chi connectivity index (χ3v) is 3.79. The molecule has 3 heteroatoms. The molecule has 2 aliphatic rings. The summed E-state index contributed by atoms with van der Waals surface area (Å²) in [6, 6.07) is 0.705. The lowest BCUT2D eigenvalue weighted by atomic mass is 9.90. The van der Waals surface area contributed by atoms with Gasteiger partial charge in [-0.1, -0.05) is 0 Å². The first kappa shape index (κ1) is 11.4. The van der Waals surface area contributed by atoms with Crippen molar-refractivity contribution in [3.8, 4) is 0 Å². The predicted octanol–water partition coefficient (Wildman–Crippen LogP) is 1.10. The summed E-state index contributed by atoms with van der Waals surface area (Å²) in [5.41, 5.74) is 0. The van der Waals surface area contributed by atoms with Gasteiger partial charge in [0.05, 0.1) is 12.7 Å². The second-order valence-corrected chi connectivity index (χ2v) is 5.08. The van der Waals surface area contributed by atoms with E-state index in [0.717, 1.165) is 25.6 Å². The summed E-state index contributed by atoms with van der Waals surface area (Å²) in [5, 5.41) is 3.43. The molecular weight excluding hydrogens is 188 g/mol. The van der Waals surface area contributed by atoms with Gasteiger partial charge in [-0.25, -0.2) is 0 Å². The first-order valence-corrected chi connectivity index (χ1v) is 6.33. The molecule has 0 bridgehead atoms. The summed E-state index contributed by atoms with van der Waals surface area (Å²) in [4.78, 5) is 2.58. The largest absolute Gasteiger partial charge is 0.375 e. The van der Waals surface area contributed by atoms with E-state index >= 15 is 0 Å². The van der Waals surface area contributed by atoms with E-state index in [-0.39, 0.29) is 0 Å². The highest BCUT2D eigenvalue weighted by Crippen LogP contribution is 2.24. The van der Waals surface area contributed by atoms with Crippen LogP contribution in [0.15, 0.2) is 0 Å². The molecule has 1 N–H and O–H groups in total. The van der Waals surface area contributed by atoms with Crippen LogP contribution in [0.4, 0.5) is 0 Å². The van der Waals surface area contributed by atoms with Crippen LogP contribution < -0.4 is 5.32 Å². The van der Waals surface area contributed by atoms with Gasteiger partial charge in [-0.15, -0.1) is 0 Å². The van der Waals surface area contributed by atoms with Crippen molar-refractivity contribution in [2.75, 3.05) is 32.8 Å². The molecule has 1 atom stereocenters. The maximum Gasteiger partial charge on any atom is 0.0729 e. The van der Waals surface area contributed by atoms with Crippen LogP contribution in [0.2, 0.25) is 0 Å². The number of nitrogens with one attached hydrogen (secondary N) is 1. The molecule has 0 aromatic rings. The molecule has 2 fully saturated rings. The first-order valence-electron chi connectivity index (χ1n) is 6.33. The van der Waals surface area contributed by atoms with Gasteiger partial charge in [-0.2, -0.15) is 0 Å². The lowest BCUT2D eigenvalue weighted by Gasteiger charge is -2.39. The van der Waals surface area contributed by atoms with Gasteiger partial charge in [0, 0.05) is 19.1 Å². The number of ether oxygens (including phenoxy) is 1. The maximum atomic E-state index is 5.83. The SMILES string of the molecule is CC(C)N1CCC(C2CNCCO2)CC1. The van der Waals surface area contributed by atoms with Gasteiger partial charge in [0.25, 0.3) is 0 Å². The summed E-state index contributed by atoms with van der Waals surface area (Å²) < 4.78 is 5.83. The summed E-state index contributed by atoms with van der Waals surface area (Å²) >= 11 is 0. The number of morpholine rings is 1. The Balaban J connectivity index is 1.77. The van der Waals surface area contributed by atoms with Gasteiger partial charge in [0.2, 0.25) is 0 Å². The molecule has 2 rings (SSSR count). The van der Waals surface area contributed by atoms with E-state index in [1.165, 1.54) is 25.9 Å². The van der Waals surface area contributed by atoms with Crippen molar-refractivity contribution in [3.63, 3.8) is 0 Å². The fourth-order valence-electron chi connectivity index (χ4n) is 2.70. The highest BCUT2D eigenvalue weighted by molar-refractivity contribution is 4.82. The van der Waals surface area contributed by atoms with E-state index in [0.29, 0.717) is 12.1 Å². The Bertz CT molecular complexity index is 182. The van der Waals surface area contributed by atoms with E-state index in [9.17, 15) is 0 Å². The fraction of sp³-hybridized carbons (Fsp3) is 1.00. The van der Waals surface area contributed by atoms with Crippen LogP contribution in [0.3, 0.4) is 0 Å². The van der Waals surface area contributed by atoms with Crippen LogP contribution in [-0.4, -0.2) is 49.8 Å². The van der Waals surface area contributed by atoms with Crippen LogP contribution in [0, 0.1) is 5.92 Å². The Labute approximate surface area is 93.2 Å². The Morgan fingerprint density at radius 2 is 2.00 bits per heavy atom. The van der Waals surface area contributed by atoms with Gasteiger partial charge in [0.15, 0.2) is 0 Å². The van der Waals surface area contributed by atoms with Crippen LogP contribution in [0.5, 0.6) is 0 Å². The summed E-state index contributed by atoms with van der Waals surface area (Å²) in [7, 11) is 0. The van der Waals surface area contributed by atoms with E-state index in [1.54, 1.807) is 0 Å². The molecule has 2 saturated heterocycles. The molecule has 1 unspecified atom stereocenters. The lowest BCUT2D eigenvalue weighted by molar-refractivity contribution is -0.0296. The topological polar surface area (TPSA) is 24.5 Å². The van der Waals surface area contributed by atoms with Crippen molar-refractivity contribution in [1.29, 1.82) is 0 Å². The highest BCUT2D eigenvalue weighted by atomic mass is 16.5. The molecule has 0 aromatic carbocycles. The van der Waals surface area contributed by atoms with Gasteiger partial charge >= 0.3 is 0 Å². The smallest absolute Gasteiger partial charge is 0.0729 e.